The van der Waals surface area contributed by atoms with Crippen LogP contribution in [0.3, 0.4) is 0 Å². The molecule has 0 saturated carbocycles. The number of ether oxygens (including phenoxy) is 1. The van der Waals surface area contributed by atoms with E-state index >= 15 is 0 Å². The van der Waals surface area contributed by atoms with Gasteiger partial charge in [-0.15, -0.1) is 0 Å². The molecule has 4 amide bonds. The molecule has 9 N–H and O–H groups in total. The van der Waals surface area contributed by atoms with Crippen molar-refractivity contribution < 1.29 is 23.9 Å². The van der Waals surface area contributed by atoms with Crippen LogP contribution >= 0.6 is 0 Å². The number of aromatic nitrogens is 9. The highest BCUT2D eigenvalue weighted by molar-refractivity contribution is 6.07. The third-order valence-corrected chi connectivity index (χ3v) is 11.7. The Morgan fingerprint density at radius 2 is 1.51 bits per heavy atom. The predicted molar refractivity (Wildman–Crippen MR) is 236 cm³/mol. The van der Waals surface area contributed by atoms with Crippen LogP contribution in [0.4, 0.5) is 23.3 Å². The zero-order valence-electron chi connectivity index (χ0n) is 35.7. The number of nitrogen functional groups attached to an aromatic ring is 1. The molecule has 0 aliphatic carbocycles. The van der Waals surface area contributed by atoms with Gasteiger partial charge in [0, 0.05) is 69.7 Å². The zero-order valence-corrected chi connectivity index (χ0v) is 35.7. The highest BCUT2D eigenvalue weighted by atomic mass is 16.5. The average Bonchev–Trinajstić information content (AvgIpc) is 4.03. The topological polar surface area (TPSA) is 279 Å². The first-order valence-corrected chi connectivity index (χ1v) is 21.1. The summed E-state index contributed by atoms with van der Waals surface area (Å²) in [6, 6.07) is 7.36. The molecule has 2 saturated heterocycles. The maximum absolute atomic E-state index is 13.9. The van der Waals surface area contributed by atoms with E-state index in [1.165, 1.54) is 16.9 Å². The quantitative estimate of drug-likeness (QED) is 0.0765. The van der Waals surface area contributed by atoms with Crippen molar-refractivity contribution in [3.63, 3.8) is 0 Å². The van der Waals surface area contributed by atoms with Crippen molar-refractivity contribution >= 4 is 69.1 Å². The van der Waals surface area contributed by atoms with Gasteiger partial charge in [0.05, 0.1) is 46.0 Å². The Bertz CT molecular complexity index is 2760. The second-order valence-electron chi connectivity index (χ2n) is 15.7. The summed E-state index contributed by atoms with van der Waals surface area (Å²) in [5.41, 5.74) is 22.5. The molecule has 21 nitrogen and oxygen atoms in total. The fraction of sp³-hybridized carbons (Fsp3) is 0.405. The number of primary amides is 2. The molecule has 2 fully saturated rings. The maximum Gasteiger partial charge on any atom is 0.278 e. The molecule has 63 heavy (non-hydrogen) atoms. The largest absolute Gasteiger partial charge is 0.395 e. The Labute approximate surface area is 362 Å². The van der Waals surface area contributed by atoms with Gasteiger partial charge in [0.1, 0.15) is 16.9 Å². The molecule has 7 heterocycles. The van der Waals surface area contributed by atoms with Gasteiger partial charge in [-0.3, -0.25) is 48.6 Å². The van der Waals surface area contributed by atoms with Crippen molar-refractivity contribution in [1.29, 1.82) is 0 Å². The summed E-state index contributed by atoms with van der Waals surface area (Å²) in [4.78, 5) is 68.7. The highest BCUT2D eigenvalue weighted by Crippen LogP contribution is 2.32. The number of pyridine rings is 1. The molecular formula is C42H52N16O5. The fourth-order valence-electron chi connectivity index (χ4n) is 8.58. The molecule has 330 valence electrons. The van der Waals surface area contributed by atoms with Gasteiger partial charge in [0.25, 0.3) is 11.8 Å². The third-order valence-electron chi connectivity index (χ3n) is 11.7. The van der Waals surface area contributed by atoms with Gasteiger partial charge in [-0.2, -0.15) is 10.2 Å². The minimum atomic E-state index is -0.676. The molecule has 5 aromatic heterocycles. The lowest BCUT2D eigenvalue weighted by atomic mass is 10.1. The van der Waals surface area contributed by atoms with Crippen molar-refractivity contribution in [2.75, 3.05) is 48.0 Å². The van der Waals surface area contributed by atoms with Gasteiger partial charge in [0.15, 0.2) is 5.65 Å². The number of benzene rings is 1. The second-order valence-corrected chi connectivity index (χ2v) is 15.7. The van der Waals surface area contributed by atoms with Crippen LogP contribution in [0.1, 0.15) is 86.2 Å². The van der Waals surface area contributed by atoms with Gasteiger partial charge >= 0.3 is 0 Å². The smallest absolute Gasteiger partial charge is 0.278 e. The molecule has 0 radical (unpaired) electrons. The summed E-state index contributed by atoms with van der Waals surface area (Å²) >= 11 is 0. The molecule has 2 bridgehead atoms. The van der Waals surface area contributed by atoms with Crippen LogP contribution < -0.4 is 33.2 Å². The number of hydrogen-bond donors (Lipinski definition) is 6. The lowest BCUT2D eigenvalue weighted by Gasteiger charge is -2.27. The Balaban J connectivity index is 1.14. The molecule has 2 atom stereocenters. The third kappa shape index (κ3) is 8.43. The first kappa shape index (κ1) is 42.6. The van der Waals surface area contributed by atoms with E-state index in [1.54, 1.807) is 34.4 Å². The molecule has 6 aromatic rings. The number of anilines is 4. The summed E-state index contributed by atoms with van der Waals surface area (Å²) in [6.07, 6.45) is 8.30. The Hall–Kier alpha value is -7.13. The lowest BCUT2D eigenvalue weighted by Crippen LogP contribution is -2.39. The van der Waals surface area contributed by atoms with Crippen LogP contribution in [-0.4, -0.2) is 111 Å². The number of hydrogen-bond acceptors (Lipinski definition) is 13. The minimum absolute atomic E-state index is 0.147. The molecule has 2 aliphatic rings. The number of carbonyl (C=O) groups excluding carboxylic acids is 4. The van der Waals surface area contributed by atoms with Gasteiger partial charge in [-0.25, -0.2) is 15.0 Å². The van der Waals surface area contributed by atoms with E-state index in [2.05, 4.69) is 41.0 Å². The van der Waals surface area contributed by atoms with Crippen LogP contribution in [-0.2, 0) is 30.9 Å². The number of rotatable bonds is 16. The van der Waals surface area contributed by atoms with Gasteiger partial charge < -0.3 is 31.8 Å². The van der Waals surface area contributed by atoms with Crippen LogP contribution in [0.5, 0.6) is 0 Å². The van der Waals surface area contributed by atoms with E-state index in [0.717, 1.165) is 32.4 Å². The Morgan fingerprint density at radius 3 is 2.25 bits per heavy atom. The molecule has 21 heteroatoms. The SMILES string of the molecule is CCn1nc(C)cc1C(=O)Nc1nc2cc(C(N)=O)cc(NCCN3[C@H]4CCOC[C@@H]3CC4)c2n1C/C=C/Cn1c(NC(=O)c2c(N)c(C)nn2CC)nc2cc(C(N)=O)cnc21. The summed E-state index contributed by atoms with van der Waals surface area (Å²) in [5, 5.41) is 18.2. The predicted octanol–water partition coefficient (Wildman–Crippen LogP) is 3.04. The van der Waals surface area contributed by atoms with E-state index in [1.807, 2.05) is 37.5 Å². The summed E-state index contributed by atoms with van der Waals surface area (Å²) in [7, 11) is 0. The van der Waals surface area contributed by atoms with E-state index in [4.69, 9.17) is 26.9 Å². The molecule has 2 aliphatic heterocycles. The summed E-state index contributed by atoms with van der Waals surface area (Å²) in [6.45, 7) is 11.4. The lowest BCUT2D eigenvalue weighted by molar-refractivity contribution is 0.0992. The van der Waals surface area contributed by atoms with Gasteiger partial charge in [0.2, 0.25) is 23.7 Å². The van der Waals surface area contributed by atoms with Crippen molar-refractivity contribution in [1.82, 2.24) is 48.5 Å². The number of nitrogens with zero attached hydrogens (tertiary/aromatic N) is 10. The first-order valence-electron chi connectivity index (χ1n) is 21.1. The van der Waals surface area contributed by atoms with Crippen molar-refractivity contribution in [3.8, 4) is 0 Å². The number of allylic oxidation sites excluding steroid dienone is 2. The summed E-state index contributed by atoms with van der Waals surface area (Å²) in [5.74, 6) is -1.85. The normalized spacial score (nSPS) is 16.6. The number of aryl methyl sites for hydroxylation is 4. The molecule has 0 unspecified atom stereocenters. The standard InChI is InChI=1S/C42H52N16O5/c1-5-57-32(17-23(3)52-57)39(61)50-41-48-30-19-25(36(44)59)18-29(46-12-15-54-27-9-10-28(54)22-63-16-11-27)34(30)55(41)13-7-8-14-56-38-31(20-26(21-47-38)37(45)60)49-42(56)51-40(62)35-33(43)24(4)53-58(35)6-2/h7-8,17-21,27-28,46H,5-6,9-16,22,43H2,1-4H3,(H2,44,59)(H2,45,60)(H,48,50,61)(H,49,51,62)/b8-7+/t27-,28+/m1/s1. The van der Waals surface area contributed by atoms with Crippen LogP contribution in [0.25, 0.3) is 22.2 Å². The number of nitrogens with one attached hydrogen (secondary N) is 3. The number of carbonyl (C=O) groups is 4. The van der Waals surface area contributed by atoms with E-state index in [9.17, 15) is 19.2 Å². The van der Waals surface area contributed by atoms with Crippen molar-refractivity contribution in [3.05, 3.63) is 76.5 Å². The van der Waals surface area contributed by atoms with Gasteiger partial charge in [-0.05, 0) is 71.2 Å². The Kier molecular flexibility index (Phi) is 12.0. The molecule has 8 rings (SSSR count). The molecular weight excluding hydrogens is 809 g/mol. The molecule has 1 aromatic carbocycles. The summed E-state index contributed by atoms with van der Waals surface area (Å²) < 4.78 is 12.5. The van der Waals surface area contributed by atoms with Crippen molar-refractivity contribution in [2.45, 2.75) is 85.2 Å². The first-order chi connectivity index (χ1) is 30.3. The number of nitrogens with two attached hydrogens (primary N) is 3. The molecule has 0 spiro atoms. The second kappa shape index (κ2) is 17.7. The van der Waals surface area contributed by atoms with Crippen LogP contribution in [0.2, 0.25) is 0 Å². The van der Waals surface area contributed by atoms with E-state index < -0.39 is 23.6 Å². The van der Waals surface area contributed by atoms with Crippen molar-refractivity contribution in [2.24, 2.45) is 11.5 Å². The minimum Gasteiger partial charge on any atom is -0.395 e. The van der Waals surface area contributed by atoms with Gasteiger partial charge in [-0.1, -0.05) is 12.2 Å². The zero-order chi connectivity index (χ0) is 44.5. The number of amides is 4. The fourth-order valence-corrected chi connectivity index (χ4v) is 8.58. The highest BCUT2D eigenvalue weighted by Gasteiger charge is 2.35. The maximum atomic E-state index is 13.9. The van der Waals surface area contributed by atoms with Crippen LogP contribution in [0, 0.1) is 13.8 Å². The number of imidazole rings is 2. The average molecular weight is 861 g/mol. The number of fused-ring (bicyclic) bond motifs is 4. The van der Waals surface area contributed by atoms with E-state index in [-0.39, 0.29) is 47.5 Å². The Morgan fingerprint density at radius 1 is 0.825 bits per heavy atom. The van der Waals surface area contributed by atoms with Crippen LogP contribution in [0.15, 0.2) is 42.6 Å². The van der Waals surface area contributed by atoms with E-state index in [0.29, 0.717) is 83.3 Å². The monoisotopic (exact) mass is 860 g/mol.